The van der Waals surface area contributed by atoms with Crippen molar-refractivity contribution < 1.29 is 9.21 Å². The lowest BCUT2D eigenvalue weighted by atomic mass is 10.2. The fourth-order valence-electron chi connectivity index (χ4n) is 2.14. The Morgan fingerprint density at radius 1 is 1.13 bits per heavy atom. The Morgan fingerprint density at radius 3 is 2.61 bits per heavy atom. The molecule has 1 aromatic heterocycles. The number of rotatable bonds is 3. The molecule has 2 aromatic carbocycles. The molecule has 0 aliphatic carbocycles. The third-order valence-corrected chi connectivity index (χ3v) is 3.21. The lowest BCUT2D eigenvalue weighted by Crippen LogP contribution is -2.05. The van der Waals surface area contributed by atoms with Crippen LogP contribution in [0.2, 0.25) is 0 Å². The molecule has 5 heteroatoms. The third kappa shape index (κ3) is 3.52. The van der Waals surface area contributed by atoms with Crippen LogP contribution in [0.3, 0.4) is 0 Å². The highest BCUT2D eigenvalue weighted by Gasteiger charge is 2.03. The summed E-state index contributed by atoms with van der Waals surface area (Å²) in [6.45, 7) is 1.45. The van der Waals surface area contributed by atoms with Crippen LogP contribution >= 0.6 is 0 Å². The van der Waals surface area contributed by atoms with Gasteiger partial charge in [0.1, 0.15) is 11.3 Å². The van der Waals surface area contributed by atoms with Crippen molar-refractivity contribution in [3.63, 3.8) is 0 Å². The fraction of sp³-hybridized carbons (Fsp3) is 0.0556. The normalized spacial score (nSPS) is 11.0. The summed E-state index contributed by atoms with van der Waals surface area (Å²) in [7, 11) is 0. The summed E-state index contributed by atoms with van der Waals surface area (Å²) in [5, 5.41) is 3.51. The van der Waals surface area contributed by atoms with E-state index >= 15 is 0 Å². The van der Waals surface area contributed by atoms with Crippen LogP contribution < -0.4 is 10.9 Å². The van der Waals surface area contributed by atoms with Crippen LogP contribution in [-0.4, -0.2) is 12.1 Å². The molecule has 1 amide bonds. The lowest BCUT2D eigenvalue weighted by Gasteiger charge is -2.01. The van der Waals surface area contributed by atoms with Crippen LogP contribution in [0.25, 0.3) is 11.0 Å². The smallest absolute Gasteiger partial charge is 0.362 e. The number of nitrogens with zero attached hydrogens (tertiary/aromatic N) is 1. The van der Waals surface area contributed by atoms with Gasteiger partial charge in [0.05, 0.1) is 0 Å². The number of benzene rings is 2. The molecule has 0 aliphatic rings. The minimum absolute atomic E-state index is 0.125. The van der Waals surface area contributed by atoms with Gasteiger partial charge in [0, 0.05) is 24.2 Å². The second-order valence-electron chi connectivity index (χ2n) is 5.02. The van der Waals surface area contributed by atoms with Gasteiger partial charge in [0.25, 0.3) is 0 Å². The van der Waals surface area contributed by atoms with Gasteiger partial charge in [-0.25, -0.2) is 9.79 Å². The minimum atomic E-state index is -0.477. The van der Waals surface area contributed by atoms with Crippen LogP contribution in [-0.2, 0) is 4.79 Å². The van der Waals surface area contributed by atoms with Gasteiger partial charge < -0.3 is 9.73 Å². The summed E-state index contributed by atoms with van der Waals surface area (Å²) < 4.78 is 5.23. The predicted octanol–water partition coefficient (Wildman–Crippen LogP) is 3.50. The zero-order valence-corrected chi connectivity index (χ0v) is 12.4. The average Bonchev–Trinajstić information content (AvgIpc) is 2.54. The van der Waals surface area contributed by atoms with Gasteiger partial charge in [0.2, 0.25) is 5.91 Å². The van der Waals surface area contributed by atoms with Gasteiger partial charge in [-0.2, -0.15) is 0 Å². The Bertz CT molecular complexity index is 940. The van der Waals surface area contributed by atoms with Crippen molar-refractivity contribution in [1.82, 2.24) is 0 Å². The Hall–Kier alpha value is -3.21. The average molecular weight is 306 g/mol. The molecule has 114 valence electrons. The first-order chi connectivity index (χ1) is 11.1. The molecule has 1 heterocycles. The minimum Gasteiger partial charge on any atom is -0.421 e. The Morgan fingerprint density at radius 2 is 1.87 bits per heavy atom. The highest BCUT2D eigenvalue weighted by molar-refractivity contribution is 5.90. The molecule has 0 bridgehead atoms. The second-order valence-corrected chi connectivity index (χ2v) is 5.02. The molecule has 5 nitrogen and oxygen atoms in total. The summed E-state index contributed by atoms with van der Waals surface area (Å²) in [6, 6.07) is 16.1. The van der Waals surface area contributed by atoms with E-state index in [0.29, 0.717) is 11.3 Å². The van der Waals surface area contributed by atoms with E-state index in [0.717, 1.165) is 10.9 Å². The number of hydrogen-bond donors (Lipinski definition) is 1. The lowest BCUT2D eigenvalue weighted by molar-refractivity contribution is -0.114. The van der Waals surface area contributed by atoms with E-state index in [2.05, 4.69) is 10.3 Å². The van der Waals surface area contributed by atoms with E-state index in [4.69, 9.17) is 4.42 Å². The molecule has 0 saturated carbocycles. The van der Waals surface area contributed by atoms with Crippen LogP contribution in [0.5, 0.6) is 0 Å². The number of nitrogens with one attached hydrogen (secondary N) is 1. The maximum Gasteiger partial charge on any atom is 0.362 e. The van der Waals surface area contributed by atoms with Gasteiger partial charge in [0.15, 0.2) is 0 Å². The largest absolute Gasteiger partial charge is 0.421 e. The summed E-state index contributed by atoms with van der Waals surface area (Å²) in [5.41, 5.74) is 1.83. The van der Waals surface area contributed by atoms with Crippen molar-refractivity contribution in [2.75, 3.05) is 5.32 Å². The van der Waals surface area contributed by atoms with Gasteiger partial charge >= 0.3 is 5.63 Å². The number of fused-ring (bicyclic) bond motifs is 1. The quantitative estimate of drug-likeness (QED) is 0.594. The van der Waals surface area contributed by atoms with Crippen LogP contribution in [0.4, 0.5) is 11.4 Å². The molecule has 0 unspecified atom stereocenters. The summed E-state index contributed by atoms with van der Waals surface area (Å²) in [6.07, 6.45) is 1.58. The zero-order valence-electron chi connectivity index (χ0n) is 12.4. The van der Waals surface area contributed by atoms with Crippen LogP contribution in [0.15, 0.2) is 68.8 Å². The molecule has 0 fully saturated rings. The fourth-order valence-corrected chi connectivity index (χ4v) is 2.14. The van der Waals surface area contributed by atoms with E-state index in [9.17, 15) is 9.59 Å². The van der Waals surface area contributed by atoms with Crippen molar-refractivity contribution in [3.05, 3.63) is 70.6 Å². The number of aliphatic imine (C=N–C) groups is 1. The van der Waals surface area contributed by atoms with Crippen molar-refractivity contribution in [3.8, 4) is 0 Å². The van der Waals surface area contributed by atoms with Crippen molar-refractivity contribution in [2.45, 2.75) is 6.92 Å². The van der Waals surface area contributed by atoms with Gasteiger partial charge in [-0.05, 0) is 29.8 Å². The highest BCUT2D eigenvalue weighted by atomic mass is 16.4. The summed E-state index contributed by atoms with van der Waals surface area (Å²) in [5.74, 6) is -0.125. The second kappa shape index (κ2) is 6.27. The standard InChI is InChI=1S/C18H14N2O3/c1-12(21)20-15-8-6-13(7-9-15)11-19-16-10-14-4-2-3-5-17(14)23-18(16)22/h2-11H,1H3,(H,20,21). The molecule has 23 heavy (non-hydrogen) atoms. The van der Waals surface area contributed by atoms with Gasteiger partial charge in [-0.3, -0.25) is 4.79 Å². The number of anilines is 1. The van der Waals surface area contributed by atoms with Gasteiger partial charge in [-0.15, -0.1) is 0 Å². The summed E-state index contributed by atoms with van der Waals surface area (Å²) in [4.78, 5) is 27.1. The number of hydrogen-bond acceptors (Lipinski definition) is 4. The molecule has 0 saturated heterocycles. The summed E-state index contributed by atoms with van der Waals surface area (Å²) >= 11 is 0. The predicted molar refractivity (Wildman–Crippen MR) is 90.5 cm³/mol. The molecule has 3 aromatic rings. The molecular formula is C18H14N2O3. The van der Waals surface area contributed by atoms with Crippen molar-refractivity contribution >= 4 is 34.5 Å². The first-order valence-electron chi connectivity index (χ1n) is 7.06. The SMILES string of the molecule is CC(=O)Nc1ccc(C=Nc2cc3ccccc3oc2=O)cc1. The first kappa shape index (κ1) is 14.7. The maximum absolute atomic E-state index is 11.9. The Balaban J connectivity index is 1.86. The topological polar surface area (TPSA) is 71.7 Å². The van der Waals surface area contributed by atoms with E-state index in [1.165, 1.54) is 6.92 Å². The first-order valence-corrected chi connectivity index (χ1v) is 7.06. The number of para-hydroxylation sites is 1. The maximum atomic E-state index is 11.9. The van der Waals surface area contributed by atoms with Crippen LogP contribution in [0.1, 0.15) is 12.5 Å². The molecule has 0 atom stereocenters. The molecule has 0 aliphatic heterocycles. The van der Waals surface area contributed by atoms with Crippen molar-refractivity contribution in [1.29, 1.82) is 0 Å². The third-order valence-electron chi connectivity index (χ3n) is 3.21. The number of carbonyl (C=O) groups excluding carboxylic acids is 1. The monoisotopic (exact) mass is 306 g/mol. The van der Waals surface area contributed by atoms with E-state index in [-0.39, 0.29) is 11.6 Å². The molecule has 3 rings (SSSR count). The number of carbonyl (C=O) groups is 1. The van der Waals surface area contributed by atoms with Gasteiger partial charge in [-0.1, -0.05) is 30.3 Å². The molecule has 0 radical (unpaired) electrons. The van der Waals surface area contributed by atoms with Crippen molar-refractivity contribution in [2.24, 2.45) is 4.99 Å². The van der Waals surface area contributed by atoms with E-state index in [1.54, 1.807) is 42.6 Å². The zero-order chi connectivity index (χ0) is 16.2. The van der Waals surface area contributed by atoms with Crippen LogP contribution in [0, 0.1) is 0 Å². The van der Waals surface area contributed by atoms with E-state index < -0.39 is 5.63 Å². The molecular weight excluding hydrogens is 292 g/mol. The van der Waals surface area contributed by atoms with E-state index in [1.807, 2.05) is 18.2 Å². The Kier molecular flexibility index (Phi) is 4.01. The Labute approximate surface area is 132 Å². The molecule has 1 N–H and O–H groups in total. The highest BCUT2D eigenvalue weighted by Crippen LogP contribution is 2.17. The number of amides is 1. The molecule has 0 spiro atoms.